The van der Waals surface area contributed by atoms with E-state index >= 15 is 0 Å². The Balaban J connectivity index is 1.69. The van der Waals surface area contributed by atoms with Crippen LogP contribution < -0.4 is 4.74 Å². The van der Waals surface area contributed by atoms with Crippen LogP contribution in [0, 0.1) is 38.5 Å². The largest absolute Gasteiger partial charge is 0.507 e. The van der Waals surface area contributed by atoms with Crippen LogP contribution in [0.25, 0.3) is 0 Å². The highest BCUT2D eigenvalue weighted by Gasteiger charge is 2.35. The summed E-state index contributed by atoms with van der Waals surface area (Å²) < 4.78 is 44.4. The molecule has 2 rings (SSSR count). The maximum absolute atomic E-state index is 12.6. The van der Waals surface area contributed by atoms with E-state index in [9.17, 15) is 18.3 Å². The van der Waals surface area contributed by atoms with Crippen molar-refractivity contribution in [1.82, 2.24) is 0 Å². The lowest BCUT2D eigenvalue weighted by Crippen LogP contribution is -2.37. The third-order valence-corrected chi connectivity index (χ3v) is 8.28. The van der Waals surface area contributed by atoms with Gasteiger partial charge in [-0.3, -0.25) is 0 Å². The number of hydrogen-bond acceptors (Lipinski definition) is 2. The number of phenols is 1. The van der Waals surface area contributed by atoms with Crippen LogP contribution in [0.5, 0.6) is 11.5 Å². The molecule has 4 unspecified atom stereocenters. The van der Waals surface area contributed by atoms with Gasteiger partial charge < -0.3 is 9.84 Å². The Hall–Kier alpha value is -1.39. The zero-order valence-electron chi connectivity index (χ0n) is 22.5. The number of alkyl halides is 3. The summed E-state index contributed by atoms with van der Waals surface area (Å²) in [7, 11) is 0. The fourth-order valence-corrected chi connectivity index (χ4v) is 5.33. The molecule has 1 aliphatic heterocycles. The van der Waals surface area contributed by atoms with Crippen molar-refractivity contribution in [2.75, 3.05) is 0 Å². The number of rotatable bonds is 12. The molecule has 0 saturated carbocycles. The van der Waals surface area contributed by atoms with Crippen molar-refractivity contribution in [2.45, 2.75) is 131 Å². The molecule has 196 valence electrons. The molecule has 0 amide bonds. The Morgan fingerprint density at radius 2 is 1.38 bits per heavy atom. The summed E-state index contributed by atoms with van der Waals surface area (Å²) in [5, 5.41) is 10.4. The fourth-order valence-electron chi connectivity index (χ4n) is 5.33. The van der Waals surface area contributed by atoms with Gasteiger partial charge >= 0.3 is 6.18 Å². The van der Waals surface area contributed by atoms with Crippen LogP contribution >= 0.6 is 0 Å². The van der Waals surface area contributed by atoms with Crippen molar-refractivity contribution in [3.63, 3.8) is 0 Å². The third kappa shape index (κ3) is 7.81. The summed E-state index contributed by atoms with van der Waals surface area (Å²) in [6.07, 6.45) is 6.44. The molecule has 0 saturated heterocycles. The van der Waals surface area contributed by atoms with Crippen LogP contribution in [-0.4, -0.2) is 16.9 Å². The quantitative estimate of drug-likeness (QED) is 0.320. The van der Waals surface area contributed by atoms with Crippen LogP contribution in [0.2, 0.25) is 0 Å². The minimum absolute atomic E-state index is 0.157. The summed E-state index contributed by atoms with van der Waals surface area (Å²) in [4.78, 5) is 0. The first-order valence-corrected chi connectivity index (χ1v) is 13.3. The minimum Gasteiger partial charge on any atom is -0.507 e. The van der Waals surface area contributed by atoms with Crippen LogP contribution in [0.15, 0.2) is 0 Å². The van der Waals surface area contributed by atoms with Gasteiger partial charge in [0.05, 0.1) is 5.92 Å². The molecule has 0 fully saturated rings. The zero-order valence-corrected chi connectivity index (χ0v) is 22.5. The van der Waals surface area contributed by atoms with E-state index < -0.39 is 12.1 Å². The average Bonchev–Trinajstić information content (AvgIpc) is 2.75. The summed E-state index contributed by atoms with van der Waals surface area (Å²) in [6.45, 7) is 14.0. The fraction of sp³-hybridized carbons (Fsp3) is 0.793. The summed E-state index contributed by atoms with van der Waals surface area (Å²) >= 11 is 0. The monoisotopic (exact) mass is 484 g/mol. The molecule has 1 aromatic rings. The van der Waals surface area contributed by atoms with E-state index in [1.165, 1.54) is 19.8 Å². The van der Waals surface area contributed by atoms with E-state index in [2.05, 4.69) is 20.8 Å². The van der Waals surface area contributed by atoms with Crippen molar-refractivity contribution in [2.24, 2.45) is 17.8 Å². The molecule has 34 heavy (non-hydrogen) atoms. The first-order valence-electron chi connectivity index (χ1n) is 13.3. The normalized spacial score (nSPS) is 21.0. The molecular formula is C29H47F3O2. The standard InChI is InChI=1S/C29H47F3O2/c1-19(13-9-15-21(3)29(30,31)32)11-8-12-20(2)14-10-17-28(7)18-16-25-24(6)26(33)22(4)23(5)27(25)34-28/h19-21,33H,8-18H2,1-7H3. The average molecular weight is 485 g/mol. The Morgan fingerprint density at radius 1 is 0.853 bits per heavy atom. The maximum atomic E-state index is 12.6. The number of halogens is 3. The van der Waals surface area contributed by atoms with Crippen molar-refractivity contribution in [1.29, 1.82) is 0 Å². The van der Waals surface area contributed by atoms with Gasteiger partial charge in [-0.05, 0) is 88.3 Å². The predicted molar refractivity (Wildman–Crippen MR) is 135 cm³/mol. The van der Waals surface area contributed by atoms with E-state index in [0.29, 0.717) is 24.0 Å². The lowest BCUT2D eigenvalue weighted by Gasteiger charge is -2.38. The number of phenolic OH excluding ortho intramolecular Hbond substituents is 1. The van der Waals surface area contributed by atoms with Crippen LogP contribution in [0.4, 0.5) is 13.2 Å². The second kappa shape index (κ2) is 12.0. The van der Waals surface area contributed by atoms with Gasteiger partial charge in [-0.15, -0.1) is 0 Å². The Labute approximate surface area is 205 Å². The predicted octanol–water partition coefficient (Wildman–Crippen LogP) is 9.38. The van der Waals surface area contributed by atoms with E-state index in [1.54, 1.807) is 0 Å². The van der Waals surface area contributed by atoms with E-state index in [4.69, 9.17) is 4.74 Å². The smallest absolute Gasteiger partial charge is 0.391 e. The van der Waals surface area contributed by atoms with Gasteiger partial charge in [-0.25, -0.2) is 0 Å². The van der Waals surface area contributed by atoms with Crippen molar-refractivity contribution >= 4 is 0 Å². The molecule has 1 aliphatic rings. The molecule has 0 spiro atoms. The second-order valence-corrected chi connectivity index (χ2v) is 11.5. The number of benzene rings is 1. The molecule has 1 N–H and O–H groups in total. The molecule has 0 aliphatic carbocycles. The number of hydrogen-bond donors (Lipinski definition) is 1. The van der Waals surface area contributed by atoms with Gasteiger partial charge in [0.15, 0.2) is 0 Å². The van der Waals surface area contributed by atoms with Crippen molar-refractivity contribution in [3.05, 3.63) is 22.3 Å². The number of aromatic hydroxyl groups is 1. The van der Waals surface area contributed by atoms with Gasteiger partial charge in [0.2, 0.25) is 0 Å². The minimum atomic E-state index is -4.05. The lowest BCUT2D eigenvalue weighted by molar-refractivity contribution is -0.171. The molecule has 0 bridgehead atoms. The molecule has 0 radical (unpaired) electrons. The summed E-state index contributed by atoms with van der Waals surface area (Å²) in [6, 6.07) is 0. The van der Waals surface area contributed by atoms with Crippen molar-refractivity contribution in [3.8, 4) is 11.5 Å². The molecule has 2 nitrogen and oxygen atoms in total. The van der Waals surface area contributed by atoms with Gasteiger partial charge in [0.1, 0.15) is 17.1 Å². The molecule has 1 aromatic carbocycles. The third-order valence-electron chi connectivity index (χ3n) is 8.28. The first-order chi connectivity index (χ1) is 15.7. The highest BCUT2D eigenvalue weighted by molar-refractivity contribution is 5.58. The molecule has 4 atom stereocenters. The van der Waals surface area contributed by atoms with E-state index in [0.717, 1.165) is 72.9 Å². The van der Waals surface area contributed by atoms with E-state index in [-0.39, 0.29) is 12.0 Å². The van der Waals surface area contributed by atoms with Crippen LogP contribution in [-0.2, 0) is 6.42 Å². The van der Waals surface area contributed by atoms with Gasteiger partial charge in [-0.1, -0.05) is 59.3 Å². The van der Waals surface area contributed by atoms with Crippen LogP contribution in [0.3, 0.4) is 0 Å². The van der Waals surface area contributed by atoms with E-state index in [1.807, 2.05) is 20.8 Å². The number of fused-ring (bicyclic) bond motifs is 1. The zero-order chi connectivity index (χ0) is 25.7. The van der Waals surface area contributed by atoms with Gasteiger partial charge in [-0.2, -0.15) is 13.2 Å². The lowest BCUT2D eigenvalue weighted by atomic mass is 9.84. The highest BCUT2D eigenvalue weighted by atomic mass is 19.4. The molecule has 1 heterocycles. The topological polar surface area (TPSA) is 29.5 Å². The highest BCUT2D eigenvalue weighted by Crippen LogP contribution is 2.44. The molecule has 5 heteroatoms. The number of ether oxygens (including phenoxy) is 1. The summed E-state index contributed by atoms with van der Waals surface area (Å²) in [5.74, 6) is 1.35. The maximum Gasteiger partial charge on any atom is 0.391 e. The Bertz CT molecular complexity index is 802. The van der Waals surface area contributed by atoms with Crippen molar-refractivity contribution < 1.29 is 23.0 Å². The van der Waals surface area contributed by atoms with Gasteiger partial charge in [0.25, 0.3) is 0 Å². The first kappa shape index (κ1) is 28.8. The molecule has 0 aromatic heterocycles. The molecular weight excluding hydrogens is 437 g/mol. The Morgan fingerprint density at radius 3 is 1.94 bits per heavy atom. The summed E-state index contributed by atoms with van der Waals surface area (Å²) in [5.41, 5.74) is 3.93. The van der Waals surface area contributed by atoms with Crippen LogP contribution in [0.1, 0.15) is 114 Å². The van der Waals surface area contributed by atoms with Gasteiger partial charge in [0, 0.05) is 5.56 Å². The second-order valence-electron chi connectivity index (χ2n) is 11.5. The SMILES string of the molecule is Cc1c(C)c2c(c(C)c1O)CCC(C)(CCCC(C)CCCC(C)CCCC(C)C(F)(F)F)O2. The Kier molecular flexibility index (Phi) is 10.2.